The molecule has 3 heterocycles. The molecule has 0 saturated carbocycles. The number of H-pyrrole nitrogens is 1. The van der Waals surface area contributed by atoms with E-state index in [1.165, 1.54) is 12.3 Å². The minimum absolute atomic E-state index is 0.0276. The largest absolute Gasteiger partial charge is 0.360 e. The number of nitriles is 1. The van der Waals surface area contributed by atoms with Crippen molar-refractivity contribution in [1.82, 2.24) is 24.8 Å². The highest BCUT2D eigenvalue weighted by molar-refractivity contribution is 6.00. The normalized spacial score (nSPS) is 15.1. The van der Waals surface area contributed by atoms with Gasteiger partial charge < -0.3 is 25.4 Å². The second-order valence-electron chi connectivity index (χ2n) is 9.93. The van der Waals surface area contributed by atoms with Crippen LogP contribution in [0.25, 0.3) is 22.2 Å². The fraction of sp³-hybridized carbons (Fsp3) is 0.233. The highest BCUT2D eigenvalue weighted by Gasteiger charge is 2.28. The molecule has 1 fully saturated rings. The highest BCUT2D eigenvalue weighted by atomic mass is 16.2. The van der Waals surface area contributed by atoms with Gasteiger partial charge in [0.05, 0.1) is 17.5 Å². The van der Waals surface area contributed by atoms with Crippen LogP contribution in [0.15, 0.2) is 73.1 Å². The van der Waals surface area contributed by atoms with Crippen molar-refractivity contribution in [2.45, 2.75) is 12.5 Å². The summed E-state index contributed by atoms with van der Waals surface area (Å²) in [7, 11) is 3.86. The van der Waals surface area contributed by atoms with E-state index in [-0.39, 0.29) is 17.9 Å². The smallest absolute Gasteiger partial charge is 0.253 e. The molecule has 10 heteroatoms. The average molecular weight is 535 g/mol. The fourth-order valence-corrected chi connectivity index (χ4v) is 4.68. The number of carbonyl (C=O) groups is 2. The predicted molar refractivity (Wildman–Crippen MR) is 155 cm³/mol. The van der Waals surface area contributed by atoms with E-state index < -0.39 is 0 Å². The maximum Gasteiger partial charge on any atom is 0.253 e. The van der Waals surface area contributed by atoms with Gasteiger partial charge in [0.15, 0.2) is 0 Å². The Balaban J connectivity index is 1.21. The average Bonchev–Trinajstić information content (AvgIpc) is 3.60. The summed E-state index contributed by atoms with van der Waals surface area (Å²) < 4.78 is 0. The molecule has 1 aliphatic rings. The second kappa shape index (κ2) is 11.8. The van der Waals surface area contributed by atoms with E-state index >= 15 is 0 Å². The van der Waals surface area contributed by atoms with Gasteiger partial charge in [-0.05, 0) is 50.8 Å². The molecule has 0 unspecified atom stereocenters. The van der Waals surface area contributed by atoms with Crippen molar-refractivity contribution in [3.8, 4) is 17.3 Å². The first-order valence-electron chi connectivity index (χ1n) is 13.0. The summed E-state index contributed by atoms with van der Waals surface area (Å²) >= 11 is 0. The maximum atomic E-state index is 13.1. The zero-order valence-corrected chi connectivity index (χ0v) is 22.4. The number of benzene rings is 2. The van der Waals surface area contributed by atoms with Gasteiger partial charge in [-0.25, -0.2) is 9.97 Å². The summed E-state index contributed by atoms with van der Waals surface area (Å²) in [5, 5.41) is 16.8. The van der Waals surface area contributed by atoms with Crippen LogP contribution in [0.3, 0.4) is 0 Å². The third-order valence-electron chi connectivity index (χ3n) is 6.70. The summed E-state index contributed by atoms with van der Waals surface area (Å²) in [6, 6.07) is 16.9. The number of fused-ring (bicyclic) bond motifs is 1. The molecule has 5 rings (SSSR count). The number of carbonyl (C=O) groups excluding carboxylic acids is 2. The van der Waals surface area contributed by atoms with E-state index in [1.54, 1.807) is 35.2 Å². The number of anilines is 2. The van der Waals surface area contributed by atoms with Crippen molar-refractivity contribution < 1.29 is 9.59 Å². The van der Waals surface area contributed by atoms with Gasteiger partial charge in [0.25, 0.3) is 5.91 Å². The molecule has 10 nitrogen and oxygen atoms in total. The first-order chi connectivity index (χ1) is 19.4. The van der Waals surface area contributed by atoms with Crippen molar-refractivity contribution >= 4 is 34.4 Å². The van der Waals surface area contributed by atoms with Crippen molar-refractivity contribution in [1.29, 1.82) is 5.26 Å². The van der Waals surface area contributed by atoms with Crippen LogP contribution in [0.2, 0.25) is 0 Å². The first-order valence-corrected chi connectivity index (χ1v) is 13.0. The quantitative estimate of drug-likeness (QED) is 0.293. The standard InChI is InChI=1S/C30H30N8O2/c1-37(2)14-5-8-27(39)34-22-11-9-20(10-12-22)29(40)38-15-13-23(19-38)35-30-33-17-21(16-31)28(36-30)25-18-32-26-7-4-3-6-24(25)26/h3-12,17-18,23,32H,13-15,19H2,1-2H3,(H,34,39)(H,33,35,36)/b8-5+/t23-/m1/s1. The highest BCUT2D eigenvalue weighted by Crippen LogP contribution is 2.30. The molecule has 0 aliphatic carbocycles. The van der Waals surface area contributed by atoms with Crippen LogP contribution in [0.1, 0.15) is 22.3 Å². The number of aromatic amines is 1. The van der Waals surface area contributed by atoms with E-state index in [0.29, 0.717) is 48.1 Å². The van der Waals surface area contributed by atoms with Crippen LogP contribution in [0.4, 0.5) is 11.6 Å². The van der Waals surface area contributed by atoms with Crippen molar-refractivity contribution in [2.24, 2.45) is 0 Å². The monoisotopic (exact) mass is 534 g/mol. The second-order valence-corrected chi connectivity index (χ2v) is 9.93. The molecule has 1 saturated heterocycles. The van der Waals surface area contributed by atoms with Gasteiger partial charge >= 0.3 is 0 Å². The van der Waals surface area contributed by atoms with E-state index in [9.17, 15) is 14.9 Å². The Kier molecular flexibility index (Phi) is 7.84. The zero-order chi connectivity index (χ0) is 28.1. The van der Waals surface area contributed by atoms with Gasteiger partial charge in [-0.15, -0.1) is 0 Å². The molecule has 1 atom stereocenters. The number of amides is 2. The molecule has 0 bridgehead atoms. The van der Waals surface area contributed by atoms with E-state index in [2.05, 4.69) is 31.7 Å². The number of rotatable bonds is 8. The number of nitrogens with one attached hydrogen (secondary N) is 3. The summed E-state index contributed by atoms with van der Waals surface area (Å²) in [6.45, 7) is 1.77. The molecule has 0 spiro atoms. The summed E-state index contributed by atoms with van der Waals surface area (Å²) in [5.74, 6) is 0.124. The number of hydrogen-bond donors (Lipinski definition) is 3. The lowest BCUT2D eigenvalue weighted by Crippen LogP contribution is -2.31. The Hall–Kier alpha value is -5.01. The molecule has 2 aromatic carbocycles. The molecule has 2 amide bonds. The number of para-hydroxylation sites is 1. The molecular weight excluding hydrogens is 504 g/mol. The molecule has 0 radical (unpaired) electrons. The molecule has 2 aromatic heterocycles. The Bertz CT molecular complexity index is 1600. The lowest BCUT2D eigenvalue weighted by atomic mass is 10.1. The summed E-state index contributed by atoms with van der Waals surface area (Å²) in [6.07, 6.45) is 7.41. The topological polar surface area (TPSA) is 130 Å². The van der Waals surface area contributed by atoms with Gasteiger partial charge in [-0.1, -0.05) is 24.3 Å². The lowest BCUT2D eigenvalue weighted by molar-refractivity contribution is -0.111. The number of nitrogens with zero attached hydrogens (tertiary/aromatic N) is 5. The SMILES string of the molecule is CN(C)C/C=C/C(=O)Nc1ccc(C(=O)N2CC[C@@H](Nc3ncc(C#N)c(-c4c[nH]c5ccccc45)n3)C2)cc1. The van der Waals surface area contributed by atoms with E-state index in [0.717, 1.165) is 22.9 Å². The van der Waals surface area contributed by atoms with Gasteiger partial charge in [0, 0.05) is 65.7 Å². The fourth-order valence-electron chi connectivity index (χ4n) is 4.68. The van der Waals surface area contributed by atoms with Crippen LogP contribution in [0.5, 0.6) is 0 Å². The Labute approximate surface area is 232 Å². The molecule has 3 N–H and O–H groups in total. The molecule has 4 aromatic rings. The Morgan fingerprint density at radius 1 is 1.20 bits per heavy atom. The molecule has 40 heavy (non-hydrogen) atoms. The summed E-state index contributed by atoms with van der Waals surface area (Å²) in [4.78, 5) is 41.2. The van der Waals surface area contributed by atoms with Gasteiger partial charge in [0.2, 0.25) is 11.9 Å². The first kappa shape index (κ1) is 26.6. The van der Waals surface area contributed by atoms with Crippen LogP contribution in [-0.4, -0.2) is 76.3 Å². The number of aromatic nitrogens is 3. The predicted octanol–water partition coefficient (Wildman–Crippen LogP) is 3.88. The minimum atomic E-state index is -0.216. The zero-order valence-electron chi connectivity index (χ0n) is 22.4. The van der Waals surface area contributed by atoms with Gasteiger partial charge in [-0.2, -0.15) is 5.26 Å². The number of hydrogen-bond acceptors (Lipinski definition) is 7. The van der Waals surface area contributed by atoms with Crippen molar-refractivity contribution in [3.05, 3.63) is 84.2 Å². The van der Waals surface area contributed by atoms with E-state index in [4.69, 9.17) is 0 Å². The number of likely N-dealkylation sites (tertiary alicyclic amines) is 1. The van der Waals surface area contributed by atoms with Gasteiger partial charge in [-0.3, -0.25) is 9.59 Å². The Morgan fingerprint density at radius 2 is 2.00 bits per heavy atom. The van der Waals surface area contributed by atoms with Crippen LogP contribution >= 0.6 is 0 Å². The molecular formula is C30H30N8O2. The van der Waals surface area contributed by atoms with Gasteiger partial charge in [0.1, 0.15) is 6.07 Å². The third-order valence-corrected chi connectivity index (χ3v) is 6.70. The minimum Gasteiger partial charge on any atom is -0.360 e. The molecule has 202 valence electrons. The lowest BCUT2D eigenvalue weighted by Gasteiger charge is -2.18. The van der Waals surface area contributed by atoms with E-state index in [1.807, 2.05) is 49.5 Å². The van der Waals surface area contributed by atoms with Crippen LogP contribution < -0.4 is 10.6 Å². The number of likely N-dealkylation sites (N-methyl/N-ethyl adjacent to an activating group) is 1. The molecule has 1 aliphatic heterocycles. The maximum absolute atomic E-state index is 13.1. The van der Waals surface area contributed by atoms with Crippen LogP contribution in [-0.2, 0) is 4.79 Å². The Morgan fingerprint density at radius 3 is 2.77 bits per heavy atom. The van der Waals surface area contributed by atoms with Crippen LogP contribution in [0, 0.1) is 11.3 Å². The third kappa shape index (κ3) is 6.00. The van der Waals surface area contributed by atoms with Crippen molar-refractivity contribution in [2.75, 3.05) is 44.4 Å². The summed E-state index contributed by atoms with van der Waals surface area (Å²) in [5.41, 5.74) is 3.93. The van der Waals surface area contributed by atoms with Crippen molar-refractivity contribution in [3.63, 3.8) is 0 Å².